The number of sulfonamides is 1. The first-order valence-corrected chi connectivity index (χ1v) is 7.94. The van der Waals surface area contributed by atoms with Gasteiger partial charge in [-0.3, -0.25) is 0 Å². The van der Waals surface area contributed by atoms with Crippen LogP contribution in [0.2, 0.25) is 0 Å². The van der Waals surface area contributed by atoms with Gasteiger partial charge in [0.2, 0.25) is 10.0 Å². The molecule has 1 fully saturated rings. The van der Waals surface area contributed by atoms with Gasteiger partial charge in [0, 0.05) is 6.54 Å². The number of rotatable bonds is 4. The Hall–Kier alpha value is -1.14. The van der Waals surface area contributed by atoms with Crippen LogP contribution in [0.15, 0.2) is 23.1 Å². The lowest BCUT2D eigenvalue weighted by atomic mass is 9.99. The maximum absolute atomic E-state index is 13.3. The van der Waals surface area contributed by atoms with E-state index in [4.69, 9.17) is 5.73 Å². The summed E-state index contributed by atoms with van der Waals surface area (Å²) in [5, 5.41) is 0. The Kier molecular flexibility index (Phi) is 4.10. The number of para-hydroxylation sites is 1. The van der Waals surface area contributed by atoms with Crippen LogP contribution in [-0.2, 0) is 10.0 Å². The maximum atomic E-state index is 13.3. The molecule has 106 valence electrons. The second kappa shape index (κ2) is 5.46. The van der Waals surface area contributed by atoms with Gasteiger partial charge < -0.3 is 5.73 Å². The normalized spacial score (nSPS) is 23.7. The molecule has 0 saturated heterocycles. The largest absolute Gasteiger partial charge is 0.395 e. The van der Waals surface area contributed by atoms with E-state index in [0.29, 0.717) is 18.4 Å². The van der Waals surface area contributed by atoms with Gasteiger partial charge in [-0.05, 0) is 30.4 Å². The Morgan fingerprint density at radius 1 is 1.42 bits per heavy atom. The van der Waals surface area contributed by atoms with Gasteiger partial charge in [0.25, 0.3) is 0 Å². The van der Waals surface area contributed by atoms with Gasteiger partial charge in [-0.15, -0.1) is 0 Å². The van der Waals surface area contributed by atoms with E-state index in [9.17, 15) is 12.8 Å². The molecule has 1 aliphatic rings. The van der Waals surface area contributed by atoms with E-state index < -0.39 is 15.8 Å². The van der Waals surface area contributed by atoms with Crippen molar-refractivity contribution in [3.63, 3.8) is 0 Å². The topological polar surface area (TPSA) is 72.2 Å². The van der Waals surface area contributed by atoms with Crippen molar-refractivity contribution in [1.82, 2.24) is 4.72 Å². The van der Waals surface area contributed by atoms with Crippen LogP contribution in [0, 0.1) is 17.7 Å². The van der Waals surface area contributed by atoms with Gasteiger partial charge in [0.05, 0.1) is 5.69 Å². The van der Waals surface area contributed by atoms with Crippen molar-refractivity contribution >= 4 is 15.7 Å². The zero-order chi connectivity index (χ0) is 14.0. The summed E-state index contributed by atoms with van der Waals surface area (Å²) in [5.74, 6) is 0.161. The second-order valence-electron chi connectivity index (χ2n) is 5.17. The van der Waals surface area contributed by atoms with Crippen LogP contribution in [-0.4, -0.2) is 15.0 Å². The third-order valence-corrected chi connectivity index (χ3v) is 5.36. The molecule has 1 aliphatic carbocycles. The lowest BCUT2D eigenvalue weighted by Crippen LogP contribution is -2.31. The highest BCUT2D eigenvalue weighted by Gasteiger charge is 2.26. The number of anilines is 1. The summed E-state index contributed by atoms with van der Waals surface area (Å²) in [5.41, 5.74) is 5.16. The third-order valence-electron chi connectivity index (χ3n) is 3.88. The molecule has 2 rings (SSSR count). The Labute approximate surface area is 113 Å². The van der Waals surface area contributed by atoms with Crippen LogP contribution in [0.5, 0.6) is 0 Å². The SMILES string of the molecule is CC1CCCC1CNS(=O)(=O)c1cccc(F)c1N. The minimum atomic E-state index is -3.74. The van der Waals surface area contributed by atoms with Gasteiger partial charge in [-0.2, -0.15) is 0 Å². The summed E-state index contributed by atoms with van der Waals surface area (Å²) in [6.45, 7) is 2.52. The molecule has 0 radical (unpaired) electrons. The van der Waals surface area contributed by atoms with E-state index in [1.54, 1.807) is 0 Å². The summed E-state index contributed by atoms with van der Waals surface area (Å²) in [7, 11) is -3.74. The molecule has 19 heavy (non-hydrogen) atoms. The van der Waals surface area contributed by atoms with Crippen LogP contribution in [0.25, 0.3) is 0 Å². The first-order chi connectivity index (χ1) is 8.92. The fourth-order valence-corrected chi connectivity index (χ4v) is 3.81. The summed E-state index contributed by atoms with van der Waals surface area (Å²) < 4.78 is 40.1. The smallest absolute Gasteiger partial charge is 0.242 e. The van der Waals surface area contributed by atoms with Crippen molar-refractivity contribution in [2.75, 3.05) is 12.3 Å². The average Bonchev–Trinajstić information content (AvgIpc) is 2.76. The first kappa shape index (κ1) is 14.3. The molecule has 0 aliphatic heterocycles. The Morgan fingerprint density at radius 2 is 2.16 bits per heavy atom. The zero-order valence-electron chi connectivity index (χ0n) is 10.9. The zero-order valence-corrected chi connectivity index (χ0v) is 11.7. The van der Waals surface area contributed by atoms with Gasteiger partial charge in [-0.25, -0.2) is 17.5 Å². The summed E-state index contributed by atoms with van der Waals surface area (Å²) in [4.78, 5) is -0.182. The first-order valence-electron chi connectivity index (χ1n) is 6.45. The van der Waals surface area contributed by atoms with E-state index in [1.807, 2.05) is 0 Å². The lowest BCUT2D eigenvalue weighted by molar-refractivity contribution is 0.414. The standard InChI is InChI=1S/C13H19FN2O2S/c1-9-4-2-5-10(9)8-16-19(17,18)12-7-3-6-11(14)13(12)15/h3,6-7,9-10,16H,2,4-5,8,15H2,1H3. The Balaban J connectivity index is 2.12. The third kappa shape index (κ3) is 3.06. The van der Waals surface area contributed by atoms with Crippen LogP contribution >= 0.6 is 0 Å². The Bertz CT molecular complexity index is 560. The summed E-state index contributed by atoms with van der Waals surface area (Å²) >= 11 is 0. The van der Waals surface area contributed by atoms with Gasteiger partial charge in [0.15, 0.2) is 0 Å². The van der Waals surface area contributed by atoms with Crippen molar-refractivity contribution in [1.29, 1.82) is 0 Å². The number of hydrogen-bond donors (Lipinski definition) is 2. The highest BCUT2D eigenvalue weighted by atomic mass is 32.2. The molecule has 0 heterocycles. The predicted molar refractivity (Wildman–Crippen MR) is 72.5 cm³/mol. The fourth-order valence-electron chi connectivity index (χ4n) is 2.57. The van der Waals surface area contributed by atoms with E-state index >= 15 is 0 Å². The quantitative estimate of drug-likeness (QED) is 0.833. The van der Waals surface area contributed by atoms with Crippen molar-refractivity contribution in [2.45, 2.75) is 31.1 Å². The van der Waals surface area contributed by atoms with E-state index in [0.717, 1.165) is 25.3 Å². The molecule has 4 nitrogen and oxygen atoms in total. The van der Waals surface area contributed by atoms with Gasteiger partial charge in [0.1, 0.15) is 10.7 Å². The van der Waals surface area contributed by atoms with E-state index in [1.165, 1.54) is 12.1 Å². The molecule has 6 heteroatoms. The van der Waals surface area contributed by atoms with Crippen LogP contribution < -0.4 is 10.5 Å². The number of nitrogen functional groups attached to an aromatic ring is 1. The Morgan fingerprint density at radius 3 is 2.79 bits per heavy atom. The molecule has 0 bridgehead atoms. The highest BCUT2D eigenvalue weighted by Crippen LogP contribution is 2.31. The molecule has 3 N–H and O–H groups in total. The number of nitrogens with one attached hydrogen (secondary N) is 1. The minimum Gasteiger partial charge on any atom is -0.395 e. The molecule has 0 spiro atoms. The highest BCUT2D eigenvalue weighted by molar-refractivity contribution is 7.89. The van der Waals surface area contributed by atoms with Crippen molar-refractivity contribution in [3.8, 4) is 0 Å². The average molecular weight is 286 g/mol. The predicted octanol–water partition coefficient (Wildman–Crippen LogP) is 2.12. The molecular formula is C13H19FN2O2S. The second-order valence-corrected chi connectivity index (χ2v) is 6.91. The van der Waals surface area contributed by atoms with Crippen LogP contribution in [0.3, 0.4) is 0 Å². The minimum absolute atomic E-state index is 0.182. The number of hydrogen-bond acceptors (Lipinski definition) is 3. The van der Waals surface area contributed by atoms with Gasteiger partial charge >= 0.3 is 0 Å². The van der Waals surface area contributed by atoms with Crippen LogP contribution in [0.4, 0.5) is 10.1 Å². The lowest BCUT2D eigenvalue weighted by Gasteiger charge is -2.16. The molecule has 2 unspecified atom stereocenters. The molecule has 1 saturated carbocycles. The molecule has 1 aromatic rings. The molecule has 0 amide bonds. The molecule has 1 aromatic carbocycles. The van der Waals surface area contributed by atoms with Crippen LogP contribution in [0.1, 0.15) is 26.2 Å². The maximum Gasteiger partial charge on any atom is 0.242 e. The van der Waals surface area contributed by atoms with E-state index in [-0.39, 0.29) is 10.6 Å². The summed E-state index contributed by atoms with van der Waals surface area (Å²) in [6.07, 6.45) is 3.30. The molecular weight excluding hydrogens is 267 g/mol. The van der Waals surface area contributed by atoms with Crippen molar-refractivity contribution < 1.29 is 12.8 Å². The summed E-state index contributed by atoms with van der Waals surface area (Å²) in [6, 6.07) is 3.81. The van der Waals surface area contributed by atoms with Gasteiger partial charge in [-0.1, -0.05) is 25.8 Å². The number of nitrogens with two attached hydrogens (primary N) is 1. The number of benzene rings is 1. The molecule has 0 aromatic heterocycles. The fraction of sp³-hybridized carbons (Fsp3) is 0.538. The molecule has 2 atom stereocenters. The number of halogens is 1. The van der Waals surface area contributed by atoms with Crippen molar-refractivity contribution in [2.24, 2.45) is 11.8 Å². The van der Waals surface area contributed by atoms with E-state index in [2.05, 4.69) is 11.6 Å². The monoisotopic (exact) mass is 286 g/mol. The van der Waals surface area contributed by atoms with Crippen molar-refractivity contribution in [3.05, 3.63) is 24.0 Å².